The van der Waals surface area contributed by atoms with Crippen molar-refractivity contribution < 1.29 is 13.2 Å². The Balaban J connectivity index is 2.72. The highest BCUT2D eigenvalue weighted by Gasteiger charge is 2.35. The summed E-state index contributed by atoms with van der Waals surface area (Å²) in [5, 5.41) is 6.54. The second-order valence-corrected chi connectivity index (χ2v) is 3.56. The lowest BCUT2D eigenvalue weighted by Gasteiger charge is -2.17. The molecule has 0 bridgehead atoms. The van der Waals surface area contributed by atoms with Crippen LogP contribution in [0.5, 0.6) is 0 Å². The normalized spacial score (nSPS) is 12.1. The van der Waals surface area contributed by atoms with E-state index in [2.05, 4.69) is 15.2 Å². The predicted molar refractivity (Wildman–Crippen MR) is 53.2 cm³/mol. The summed E-state index contributed by atoms with van der Waals surface area (Å²) >= 11 is 0. The minimum absolute atomic E-state index is 0.121. The van der Waals surface area contributed by atoms with Crippen molar-refractivity contribution in [3.63, 3.8) is 0 Å². The van der Waals surface area contributed by atoms with Crippen LogP contribution in [0, 0.1) is 0 Å². The van der Waals surface area contributed by atoms with Crippen LogP contribution >= 0.6 is 0 Å². The van der Waals surface area contributed by atoms with Crippen molar-refractivity contribution in [3.8, 4) is 0 Å². The van der Waals surface area contributed by atoms with E-state index in [0.717, 1.165) is 6.07 Å². The average molecular weight is 230 g/mol. The number of aromatic nitrogens is 3. The molecule has 1 N–H and O–H groups in total. The Hall–Kier alpha value is -1.79. The summed E-state index contributed by atoms with van der Waals surface area (Å²) in [6.07, 6.45) is -3.10. The summed E-state index contributed by atoms with van der Waals surface area (Å²) in [7, 11) is 3.03. The van der Waals surface area contributed by atoms with Gasteiger partial charge < -0.3 is 4.90 Å². The molecule has 2 heterocycles. The first kappa shape index (κ1) is 10.7. The van der Waals surface area contributed by atoms with Crippen molar-refractivity contribution in [1.29, 1.82) is 0 Å². The van der Waals surface area contributed by atoms with Gasteiger partial charge in [-0.2, -0.15) is 18.3 Å². The molecule has 0 radical (unpaired) electrons. The van der Waals surface area contributed by atoms with Crippen LogP contribution in [-0.4, -0.2) is 29.3 Å². The van der Waals surface area contributed by atoms with Crippen molar-refractivity contribution in [2.45, 2.75) is 6.18 Å². The van der Waals surface area contributed by atoms with Crippen LogP contribution in [0.25, 0.3) is 11.0 Å². The van der Waals surface area contributed by atoms with E-state index in [0.29, 0.717) is 11.0 Å². The highest BCUT2D eigenvalue weighted by atomic mass is 19.4. The minimum atomic E-state index is -4.42. The summed E-state index contributed by atoms with van der Waals surface area (Å²) in [5.41, 5.74) is -0.414. The van der Waals surface area contributed by atoms with Gasteiger partial charge in [-0.1, -0.05) is 0 Å². The van der Waals surface area contributed by atoms with Gasteiger partial charge >= 0.3 is 6.18 Å². The predicted octanol–water partition coefficient (Wildman–Crippen LogP) is 2.04. The SMILES string of the molecule is CN(C)c1nc2[nH]ncc2cc1C(F)(F)F. The Morgan fingerprint density at radius 3 is 2.56 bits per heavy atom. The number of hydrogen-bond donors (Lipinski definition) is 1. The van der Waals surface area contributed by atoms with E-state index < -0.39 is 11.7 Å². The van der Waals surface area contributed by atoms with Gasteiger partial charge in [-0.25, -0.2) is 4.98 Å². The van der Waals surface area contributed by atoms with E-state index in [4.69, 9.17) is 0 Å². The molecule has 4 nitrogen and oxygen atoms in total. The third-order valence-electron chi connectivity index (χ3n) is 2.13. The molecule has 2 rings (SSSR count). The molecule has 0 aromatic carbocycles. The third-order valence-corrected chi connectivity index (χ3v) is 2.13. The van der Waals surface area contributed by atoms with Crippen LogP contribution in [0.3, 0.4) is 0 Å². The van der Waals surface area contributed by atoms with Gasteiger partial charge in [0.15, 0.2) is 5.65 Å². The van der Waals surface area contributed by atoms with E-state index >= 15 is 0 Å². The number of fused-ring (bicyclic) bond motifs is 1. The quantitative estimate of drug-likeness (QED) is 0.815. The fourth-order valence-corrected chi connectivity index (χ4v) is 1.42. The molecule has 0 fully saturated rings. The smallest absolute Gasteiger partial charge is 0.362 e. The number of nitrogens with one attached hydrogen (secondary N) is 1. The second-order valence-electron chi connectivity index (χ2n) is 3.56. The standard InChI is InChI=1S/C9H9F3N4/c1-16(2)8-6(9(10,11)12)3-5-4-13-15-7(5)14-8/h3-4H,1-2H3,(H,13,14,15). The summed E-state index contributed by atoms with van der Waals surface area (Å²) in [6.45, 7) is 0. The molecule has 2 aromatic heterocycles. The fourth-order valence-electron chi connectivity index (χ4n) is 1.42. The van der Waals surface area contributed by atoms with E-state index in [9.17, 15) is 13.2 Å². The zero-order valence-corrected chi connectivity index (χ0v) is 8.63. The van der Waals surface area contributed by atoms with Crippen molar-refractivity contribution in [1.82, 2.24) is 15.2 Å². The summed E-state index contributed by atoms with van der Waals surface area (Å²) < 4.78 is 38.2. The van der Waals surface area contributed by atoms with Crippen molar-refractivity contribution >= 4 is 16.9 Å². The molecule has 0 aliphatic heterocycles. The van der Waals surface area contributed by atoms with Crippen LogP contribution in [0.15, 0.2) is 12.3 Å². The number of halogens is 3. The molecule has 7 heteroatoms. The van der Waals surface area contributed by atoms with Crippen LogP contribution in [0.4, 0.5) is 19.0 Å². The van der Waals surface area contributed by atoms with Gasteiger partial charge in [0.2, 0.25) is 0 Å². The number of hydrogen-bond acceptors (Lipinski definition) is 3. The Labute approximate surface area is 89.1 Å². The molecule has 0 unspecified atom stereocenters. The molecule has 0 atom stereocenters. The van der Waals surface area contributed by atoms with Gasteiger partial charge in [-0.3, -0.25) is 5.10 Å². The Morgan fingerprint density at radius 1 is 1.31 bits per heavy atom. The lowest BCUT2D eigenvalue weighted by molar-refractivity contribution is -0.137. The zero-order valence-electron chi connectivity index (χ0n) is 8.63. The van der Waals surface area contributed by atoms with Crippen molar-refractivity contribution in [2.24, 2.45) is 0 Å². The van der Waals surface area contributed by atoms with Crippen molar-refractivity contribution in [3.05, 3.63) is 17.8 Å². The summed E-state index contributed by atoms with van der Waals surface area (Å²) in [4.78, 5) is 5.21. The molecule has 16 heavy (non-hydrogen) atoms. The van der Waals surface area contributed by atoms with Gasteiger partial charge in [-0.05, 0) is 6.07 Å². The minimum Gasteiger partial charge on any atom is -0.362 e. The first-order chi connectivity index (χ1) is 7.39. The van der Waals surface area contributed by atoms with Gasteiger partial charge in [-0.15, -0.1) is 0 Å². The zero-order chi connectivity index (χ0) is 11.9. The topological polar surface area (TPSA) is 44.8 Å². The highest BCUT2D eigenvalue weighted by Crippen LogP contribution is 2.36. The first-order valence-electron chi connectivity index (χ1n) is 4.48. The number of pyridine rings is 1. The average Bonchev–Trinajstić information content (AvgIpc) is 2.60. The van der Waals surface area contributed by atoms with E-state index in [-0.39, 0.29) is 5.82 Å². The monoisotopic (exact) mass is 230 g/mol. The van der Waals surface area contributed by atoms with E-state index in [1.54, 1.807) is 0 Å². The largest absolute Gasteiger partial charge is 0.419 e. The number of alkyl halides is 3. The lowest BCUT2D eigenvalue weighted by atomic mass is 10.2. The van der Waals surface area contributed by atoms with E-state index in [1.165, 1.54) is 25.2 Å². The van der Waals surface area contributed by atoms with Gasteiger partial charge in [0, 0.05) is 19.5 Å². The third kappa shape index (κ3) is 1.68. The number of aromatic amines is 1. The van der Waals surface area contributed by atoms with Crippen LogP contribution in [-0.2, 0) is 6.18 Å². The molecular weight excluding hydrogens is 221 g/mol. The molecule has 86 valence electrons. The number of anilines is 1. The molecule has 0 saturated heterocycles. The molecule has 0 amide bonds. The van der Waals surface area contributed by atoms with Crippen LogP contribution < -0.4 is 4.90 Å². The second kappa shape index (κ2) is 3.36. The van der Waals surface area contributed by atoms with Gasteiger partial charge in [0.05, 0.1) is 11.8 Å². The Kier molecular flexibility index (Phi) is 2.25. The maximum Gasteiger partial charge on any atom is 0.419 e. The molecular formula is C9H9F3N4. The summed E-state index contributed by atoms with van der Waals surface area (Å²) in [5.74, 6) is -0.121. The number of H-pyrrole nitrogens is 1. The van der Waals surface area contributed by atoms with Gasteiger partial charge in [0.25, 0.3) is 0 Å². The summed E-state index contributed by atoms with van der Waals surface area (Å²) in [6, 6.07) is 1.04. The molecule has 2 aromatic rings. The fraction of sp³-hybridized carbons (Fsp3) is 0.333. The molecule has 0 aliphatic carbocycles. The van der Waals surface area contributed by atoms with Crippen LogP contribution in [0.2, 0.25) is 0 Å². The molecule has 0 spiro atoms. The Bertz CT molecular complexity index is 515. The first-order valence-corrected chi connectivity index (χ1v) is 4.48. The Morgan fingerprint density at radius 2 is 2.00 bits per heavy atom. The maximum atomic E-state index is 12.7. The molecule has 0 aliphatic rings. The maximum absolute atomic E-state index is 12.7. The number of nitrogens with zero attached hydrogens (tertiary/aromatic N) is 3. The lowest BCUT2D eigenvalue weighted by Crippen LogP contribution is -2.18. The number of rotatable bonds is 1. The molecule has 0 saturated carbocycles. The van der Waals surface area contributed by atoms with Crippen LogP contribution in [0.1, 0.15) is 5.56 Å². The van der Waals surface area contributed by atoms with E-state index in [1.807, 2.05) is 0 Å². The van der Waals surface area contributed by atoms with Crippen molar-refractivity contribution in [2.75, 3.05) is 19.0 Å². The van der Waals surface area contributed by atoms with Gasteiger partial charge in [0.1, 0.15) is 5.82 Å². The highest BCUT2D eigenvalue weighted by molar-refractivity contribution is 5.78.